The number of carbonyl (C=O) groups excluding carboxylic acids is 2. The lowest BCUT2D eigenvalue weighted by molar-refractivity contribution is -0.110. The third-order valence-electron chi connectivity index (χ3n) is 2.67. The number of anilines is 1. The Labute approximate surface area is 136 Å². The topological polar surface area (TPSA) is 86.2 Å². The summed E-state index contributed by atoms with van der Waals surface area (Å²) in [5.74, 6) is -0.603. The number of halogens is 2. The number of rotatable bonds is 2. The van der Waals surface area contributed by atoms with Crippen LogP contribution in [0.25, 0.3) is 0 Å². The number of amides is 2. The second-order valence-corrected chi connectivity index (χ2v) is 5.82. The van der Waals surface area contributed by atoms with Crippen LogP contribution in [0.15, 0.2) is 23.2 Å². The van der Waals surface area contributed by atoms with Crippen molar-refractivity contribution >= 4 is 23.4 Å². The van der Waals surface area contributed by atoms with Crippen molar-refractivity contribution in [1.29, 1.82) is 0 Å². The summed E-state index contributed by atoms with van der Waals surface area (Å²) >= 11 is 0. The van der Waals surface area contributed by atoms with Gasteiger partial charge >= 0.3 is 12.7 Å². The maximum absolute atomic E-state index is 12.2. The Hall–Kier alpha value is -2.71. The molecule has 0 radical (unpaired) electrons. The molecule has 0 saturated carbocycles. The van der Waals surface area contributed by atoms with Crippen molar-refractivity contribution in [1.82, 2.24) is 0 Å². The van der Waals surface area contributed by atoms with Gasteiger partial charge < -0.3 is 19.5 Å². The van der Waals surface area contributed by atoms with Crippen molar-refractivity contribution in [3.8, 4) is 11.5 Å². The molecule has 2 rings (SSSR count). The Balaban J connectivity index is 2.17. The second kappa shape index (κ2) is 6.81. The maximum atomic E-state index is 12.2. The summed E-state index contributed by atoms with van der Waals surface area (Å²) in [6.07, 6.45) is -0.927. The van der Waals surface area contributed by atoms with E-state index in [1.54, 1.807) is 20.8 Å². The van der Waals surface area contributed by atoms with E-state index in [1.807, 2.05) is 0 Å². The molecule has 1 heterocycles. The van der Waals surface area contributed by atoms with E-state index >= 15 is 0 Å². The Morgan fingerprint density at radius 3 is 2.71 bits per heavy atom. The van der Waals surface area contributed by atoms with E-state index < -0.39 is 24.2 Å². The van der Waals surface area contributed by atoms with Crippen LogP contribution in [0.2, 0.25) is 0 Å². The fraction of sp³-hybridized carbons (Fsp3) is 0.400. The number of nitrogens with one attached hydrogen (secondary N) is 1. The number of nitrogens with zero attached hydrogens (tertiary/aromatic N) is 1. The summed E-state index contributed by atoms with van der Waals surface area (Å²) in [6.45, 7) is 1.72. The molecule has 0 saturated heterocycles. The smallest absolute Gasteiger partial charge is 0.434 e. The highest BCUT2D eigenvalue weighted by molar-refractivity contribution is 6.45. The number of hydrogen-bond acceptors (Lipinski definition) is 5. The summed E-state index contributed by atoms with van der Waals surface area (Å²) in [6, 6.07) is 3.83. The first-order valence-corrected chi connectivity index (χ1v) is 6.97. The first kappa shape index (κ1) is 17.6. The molecule has 0 fully saturated rings. The Morgan fingerprint density at radius 2 is 2.08 bits per heavy atom. The first-order valence-electron chi connectivity index (χ1n) is 6.97. The van der Waals surface area contributed by atoms with Crippen LogP contribution in [-0.2, 0) is 9.53 Å². The predicted molar refractivity (Wildman–Crippen MR) is 80.9 cm³/mol. The molecular formula is C15H16F2N2O5. The zero-order valence-corrected chi connectivity index (χ0v) is 13.3. The number of hydrogen-bond donors (Lipinski definition) is 1. The number of aliphatic imine (C=N–C) groups is 1. The molecule has 7 nitrogen and oxygen atoms in total. The summed E-state index contributed by atoms with van der Waals surface area (Å²) < 4.78 is 39.1. The van der Waals surface area contributed by atoms with Gasteiger partial charge in [-0.2, -0.15) is 13.8 Å². The lowest BCUT2D eigenvalue weighted by Gasteiger charge is -2.17. The molecule has 2 amide bonds. The van der Waals surface area contributed by atoms with Crippen LogP contribution in [0.4, 0.5) is 19.3 Å². The summed E-state index contributed by atoms with van der Waals surface area (Å²) in [5, 5.41) is 2.43. The molecule has 1 aromatic carbocycles. The Morgan fingerprint density at radius 1 is 1.38 bits per heavy atom. The zero-order chi connectivity index (χ0) is 17.9. The predicted octanol–water partition coefficient (Wildman–Crippen LogP) is 3.00. The van der Waals surface area contributed by atoms with Gasteiger partial charge in [0.1, 0.15) is 23.7 Å². The highest BCUT2D eigenvalue weighted by Gasteiger charge is 2.24. The highest BCUT2D eigenvalue weighted by atomic mass is 19.3. The van der Waals surface area contributed by atoms with Crippen LogP contribution >= 0.6 is 0 Å². The molecule has 0 bridgehead atoms. The number of ether oxygens (including phenoxy) is 3. The van der Waals surface area contributed by atoms with Crippen LogP contribution in [0, 0.1) is 0 Å². The molecule has 130 valence electrons. The Kier molecular flexibility index (Phi) is 5.01. The molecule has 1 aromatic rings. The van der Waals surface area contributed by atoms with Crippen molar-refractivity contribution in [2.45, 2.75) is 33.0 Å². The van der Waals surface area contributed by atoms with Gasteiger partial charge in [-0.25, -0.2) is 4.79 Å². The molecule has 0 unspecified atom stereocenters. The van der Waals surface area contributed by atoms with Crippen molar-refractivity contribution < 1.29 is 32.6 Å². The molecular weight excluding hydrogens is 326 g/mol. The van der Waals surface area contributed by atoms with Gasteiger partial charge in [-0.05, 0) is 32.9 Å². The third-order valence-corrected chi connectivity index (χ3v) is 2.67. The SMILES string of the molecule is CC(C)(C)OC(=O)/N=C1\COc2ccc(OC(F)F)cc2NC1=O. The average molecular weight is 342 g/mol. The lowest BCUT2D eigenvalue weighted by Crippen LogP contribution is -2.28. The standard InChI is InChI=1S/C15H16F2N2O5/c1-15(2,3)24-14(21)19-10-7-22-11-5-4-8(23-13(16)17)6-9(11)18-12(10)20/h4-6,13H,7H2,1-3H3,(H,18,20)/b19-10+. The monoisotopic (exact) mass is 342 g/mol. The second-order valence-electron chi connectivity index (χ2n) is 5.82. The van der Waals surface area contributed by atoms with Crippen LogP contribution in [0.1, 0.15) is 20.8 Å². The van der Waals surface area contributed by atoms with Gasteiger partial charge in [0.05, 0.1) is 5.69 Å². The lowest BCUT2D eigenvalue weighted by atomic mass is 10.2. The molecule has 0 aliphatic carbocycles. The molecule has 9 heteroatoms. The summed E-state index contributed by atoms with van der Waals surface area (Å²) in [7, 11) is 0. The number of benzene rings is 1. The van der Waals surface area contributed by atoms with E-state index in [2.05, 4.69) is 15.0 Å². The molecule has 24 heavy (non-hydrogen) atoms. The van der Waals surface area contributed by atoms with E-state index in [9.17, 15) is 18.4 Å². The van der Waals surface area contributed by atoms with Gasteiger partial charge in [-0.15, -0.1) is 0 Å². The van der Waals surface area contributed by atoms with Gasteiger partial charge in [0.2, 0.25) is 0 Å². The minimum Gasteiger partial charge on any atom is -0.485 e. The van der Waals surface area contributed by atoms with Gasteiger partial charge in [-0.3, -0.25) is 4.79 Å². The van der Waals surface area contributed by atoms with Crippen LogP contribution in [0.5, 0.6) is 11.5 Å². The maximum Gasteiger partial charge on any atom is 0.434 e. The van der Waals surface area contributed by atoms with E-state index in [0.717, 1.165) is 0 Å². The fourth-order valence-electron chi connectivity index (χ4n) is 1.79. The largest absolute Gasteiger partial charge is 0.485 e. The van der Waals surface area contributed by atoms with E-state index in [4.69, 9.17) is 9.47 Å². The van der Waals surface area contributed by atoms with Crippen molar-refractivity contribution in [2.24, 2.45) is 4.99 Å². The van der Waals surface area contributed by atoms with E-state index in [1.165, 1.54) is 18.2 Å². The quantitative estimate of drug-likeness (QED) is 0.893. The minimum absolute atomic E-state index is 0.132. The summed E-state index contributed by atoms with van der Waals surface area (Å²) in [5.41, 5.74) is -0.822. The number of alkyl halides is 2. The molecule has 1 aliphatic heterocycles. The van der Waals surface area contributed by atoms with Crippen molar-refractivity contribution in [3.63, 3.8) is 0 Å². The molecule has 1 N–H and O–H groups in total. The van der Waals surface area contributed by atoms with E-state index in [0.29, 0.717) is 0 Å². The highest BCUT2D eigenvalue weighted by Crippen LogP contribution is 2.31. The summed E-state index contributed by atoms with van der Waals surface area (Å²) in [4.78, 5) is 27.4. The van der Waals surface area contributed by atoms with Gasteiger partial charge in [0, 0.05) is 6.07 Å². The minimum atomic E-state index is -2.99. The van der Waals surface area contributed by atoms with Gasteiger partial charge in [0.25, 0.3) is 5.91 Å². The number of fused-ring (bicyclic) bond motifs is 1. The van der Waals surface area contributed by atoms with Crippen molar-refractivity contribution in [3.05, 3.63) is 18.2 Å². The fourth-order valence-corrected chi connectivity index (χ4v) is 1.79. The van der Waals surface area contributed by atoms with Crippen molar-refractivity contribution in [2.75, 3.05) is 11.9 Å². The molecule has 0 spiro atoms. The Bertz CT molecular complexity index is 683. The third kappa shape index (κ3) is 4.90. The van der Waals surface area contributed by atoms with Crippen LogP contribution < -0.4 is 14.8 Å². The number of carbonyl (C=O) groups is 2. The van der Waals surface area contributed by atoms with Gasteiger partial charge in [0.15, 0.2) is 5.71 Å². The van der Waals surface area contributed by atoms with E-state index in [-0.39, 0.29) is 29.5 Å². The van der Waals surface area contributed by atoms with Crippen LogP contribution in [-0.4, -0.2) is 36.5 Å². The molecule has 0 atom stereocenters. The average Bonchev–Trinajstić information content (AvgIpc) is 2.55. The van der Waals surface area contributed by atoms with Crippen LogP contribution in [0.3, 0.4) is 0 Å². The molecule has 1 aliphatic rings. The zero-order valence-electron chi connectivity index (χ0n) is 13.3. The van der Waals surface area contributed by atoms with Gasteiger partial charge in [-0.1, -0.05) is 0 Å². The normalized spacial score (nSPS) is 16.1. The molecule has 0 aromatic heterocycles. The first-order chi connectivity index (χ1) is 11.1.